The van der Waals surface area contributed by atoms with E-state index in [1.807, 2.05) is 30.3 Å². The highest BCUT2D eigenvalue weighted by atomic mass is 16.5. The predicted octanol–water partition coefficient (Wildman–Crippen LogP) is 3.39. The van der Waals surface area contributed by atoms with Gasteiger partial charge in [0.15, 0.2) is 0 Å². The highest BCUT2D eigenvalue weighted by molar-refractivity contribution is 5.90. The highest BCUT2D eigenvalue weighted by Crippen LogP contribution is 2.24. The molecular weight excluding hydrogens is 268 g/mol. The molecule has 0 amide bonds. The molecule has 21 heavy (non-hydrogen) atoms. The quantitative estimate of drug-likeness (QED) is 0.848. The van der Waals surface area contributed by atoms with Gasteiger partial charge in [0.2, 0.25) is 5.88 Å². The van der Waals surface area contributed by atoms with Crippen molar-refractivity contribution >= 4 is 5.97 Å². The Morgan fingerprint density at radius 3 is 2.52 bits per heavy atom. The van der Waals surface area contributed by atoms with Gasteiger partial charge in [-0.3, -0.25) is 0 Å². The highest BCUT2D eigenvalue weighted by Gasteiger charge is 2.20. The van der Waals surface area contributed by atoms with Crippen LogP contribution in [0.5, 0.6) is 5.88 Å². The Labute approximate surface area is 124 Å². The van der Waals surface area contributed by atoms with Gasteiger partial charge in [0.05, 0.1) is 18.5 Å². The van der Waals surface area contributed by atoms with E-state index in [0.717, 1.165) is 18.5 Å². The maximum Gasteiger partial charge on any atom is 0.342 e. The van der Waals surface area contributed by atoms with Gasteiger partial charge in [0, 0.05) is 0 Å². The van der Waals surface area contributed by atoms with E-state index < -0.39 is 5.97 Å². The van der Waals surface area contributed by atoms with Crippen LogP contribution in [0.15, 0.2) is 36.5 Å². The monoisotopic (exact) mass is 288 g/mol. The molecule has 0 fully saturated rings. The molecule has 0 atom stereocenters. The molecule has 1 aromatic carbocycles. The molecule has 1 N–H and O–H groups in total. The maximum atomic E-state index is 11.3. The van der Waals surface area contributed by atoms with E-state index in [4.69, 9.17) is 4.74 Å². The van der Waals surface area contributed by atoms with Crippen molar-refractivity contribution in [3.63, 3.8) is 0 Å². The second kappa shape index (κ2) is 6.92. The molecule has 0 radical (unpaired) electrons. The van der Waals surface area contributed by atoms with E-state index in [0.29, 0.717) is 18.4 Å². The molecular formula is C16H20N2O3. The number of carbonyl (C=O) groups is 1. The first-order chi connectivity index (χ1) is 10.2. The van der Waals surface area contributed by atoms with Crippen LogP contribution in [-0.2, 0) is 0 Å². The smallest absolute Gasteiger partial charge is 0.342 e. The molecule has 0 unspecified atom stereocenters. The van der Waals surface area contributed by atoms with Gasteiger partial charge in [-0.25, -0.2) is 9.48 Å². The van der Waals surface area contributed by atoms with Gasteiger partial charge in [-0.15, -0.1) is 0 Å². The lowest BCUT2D eigenvalue weighted by molar-refractivity contribution is 0.0690. The fourth-order valence-corrected chi connectivity index (χ4v) is 2.10. The molecule has 5 nitrogen and oxygen atoms in total. The van der Waals surface area contributed by atoms with Gasteiger partial charge in [0.1, 0.15) is 5.56 Å². The van der Waals surface area contributed by atoms with Gasteiger partial charge >= 0.3 is 5.97 Å². The molecule has 112 valence electrons. The number of benzene rings is 1. The number of carboxylic acids is 1. The summed E-state index contributed by atoms with van der Waals surface area (Å²) in [6, 6.07) is 9.38. The van der Waals surface area contributed by atoms with Gasteiger partial charge in [-0.1, -0.05) is 44.9 Å². The van der Waals surface area contributed by atoms with Gasteiger partial charge in [0.25, 0.3) is 0 Å². The van der Waals surface area contributed by atoms with Crippen LogP contribution >= 0.6 is 0 Å². The van der Waals surface area contributed by atoms with Crippen molar-refractivity contribution in [2.24, 2.45) is 5.92 Å². The second-order valence-electron chi connectivity index (χ2n) is 4.91. The Morgan fingerprint density at radius 1 is 1.29 bits per heavy atom. The summed E-state index contributed by atoms with van der Waals surface area (Å²) in [5.74, 6) is -0.330. The molecule has 5 heteroatoms. The third kappa shape index (κ3) is 3.42. The molecule has 2 rings (SSSR count). The zero-order chi connectivity index (χ0) is 15.2. The van der Waals surface area contributed by atoms with Gasteiger partial charge in [-0.05, 0) is 18.1 Å². The van der Waals surface area contributed by atoms with Crippen LogP contribution in [0.1, 0.15) is 37.0 Å². The molecule has 0 spiro atoms. The fourth-order valence-electron chi connectivity index (χ4n) is 2.10. The lowest BCUT2D eigenvalue weighted by Crippen LogP contribution is -2.14. The fraction of sp³-hybridized carbons (Fsp3) is 0.375. The lowest BCUT2D eigenvalue weighted by Gasteiger charge is -2.15. The summed E-state index contributed by atoms with van der Waals surface area (Å²) in [7, 11) is 0. The topological polar surface area (TPSA) is 64.3 Å². The number of nitrogens with zero attached hydrogens (tertiary/aromatic N) is 2. The Morgan fingerprint density at radius 2 is 1.95 bits per heavy atom. The largest absolute Gasteiger partial charge is 0.477 e. The molecule has 1 heterocycles. The van der Waals surface area contributed by atoms with Crippen LogP contribution in [0.4, 0.5) is 0 Å². The number of aromatic carboxylic acids is 1. The van der Waals surface area contributed by atoms with Crippen molar-refractivity contribution in [3.05, 3.63) is 42.1 Å². The first-order valence-electron chi connectivity index (χ1n) is 7.16. The second-order valence-corrected chi connectivity index (χ2v) is 4.91. The molecule has 0 aliphatic heterocycles. The minimum Gasteiger partial charge on any atom is -0.477 e. The van der Waals surface area contributed by atoms with E-state index in [-0.39, 0.29) is 5.56 Å². The third-order valence-corrected chi connectivity index (χ3v) is 3.57. The molecule has 2 aromatic rings. The van der Waals surface area contributed by atoms with Crippen molar-refractivity contribution in [3.8, 4) is 11.6 Å². The Bertz CT molecular complexity index is 589. The minimum absolute atomic E-state index is 0.0878. The minimum atomic E-state index is -1.03. The van der Waals surface area contributed by atoms with Crippen LogP contribution in [0.2, 0.25) is 0 Å². The number of aromatic nitrogens is 2. The van der Waals surface area contributed by atoms with Crippen molar-refractivity contribution in [1.29, 1.82) is 0 Å². The Kier molecular flexibility index (Phi) is 4.98. The molecule has 0 aliphatic carbocycles. The zero-order valence-corrected chi connectivity index (χ0v) is 12.3. The number of carboxylic acid groups (broad SMARTS) is 1. The van der Waals surface area contributed by atoms with Crippen molar-refractivity contribution in [2.45, 2.75) is 26.7 Å². The summed E-state index contributed by atoms with van der Waals surface area (Å²) in [5.41, 5.74) is 0.870. The number of para-hydroxylation sites is 1. The summed E-state index contributed by atoms with van der Waals surface area (Å²) < 4.78 is 7.32. The summed E-state index contributed by atoms with van der Waals surface area (Å²) in [6.07, 6.45) is 3.33. The standard InChI is InChI=1S/C16H20N2O3/c1-3-12(4-2)11-21-15-14(16(19)20)10-17-18(15)13-8-6-5-7-9-13/h5-10,12H,3-4,11H2,1-2H3,(H,19,20). The first kappa shape index (κ1) is 15.1. The van der Waals surface area contributed by atoms with E-state index in [2.05, 4.69) is 18.9 Å². The normalized spacial score (nSPS) is 10.8. The predicted molar refractivity (Wildman–Crippen MR) is 80.1 cm³/mol. The Hall–Kier alpha value is -2.30. The molecule has 0 saturated carbocycles. The van der Waals surface area contributed by atoms with E-state index in [1.165, 1.54) is 10.9 Å². The molecule has 0 aliphatic rings. The van der Waals surface area contributed by atoms with Crippen molar-refractivity contribution in [2.75, 3.05) is 6.61 Å². The zero-order valence-electron chi connectivity index (χ0n) is 12.3. The van der Waals surface area contributed by atoms with Crippen LogP contribution in [0.25, 0.3) is 5.69 Å². The van der Waals surface area contributed by atoms with Gasteiger partial charge < -0.3 is 9.84 Å². The number of rotatable bonds is 7. The third-order valence-electron chi connectivity index (χ3n) is 3.57. The van der Waals surface area contributed by atoms with Crippen molar-refractivity contribution < 1.29 is 14.6 Å². The van der Waals surface area contributed by atoms with E-state index in [1.54, 1.807) is 0 Å². The molecule has 1 aromatic heterocycles. The Balaban J connectivity index is 2.32. The molecule has 0 saturated heterocycles. The number of ether oxygens (including phenoxy) is 1. The summed E-state index contributed by atoms with van der Waals surface area (Å²) >= 11 is 0. The number of hydrogen-bond donors (Lipinski definition) is 1. The average molecular weight is 288 g/mol. The summed E-state index contributed by atoms with van der Waals surface area (Å²) in [5, 5.41) is 13.4. The average Bonchev–Trinajstić information content (AvgIpc) is 2.93. The summed E-state index contributed by atoms with van der Waals surface area (Å²) in [4.78, 5) is 11.3. The first-order valence-corrected chi connectivity index (χ1v) is 7.16. The van der Waals surface area contributed by atoms with Crippen LogP contribution < -0.4 is 4.74 Å². The van der Waals surface area contributed by atoms with Gasteiger partial charge in [-0.2, -0.15) is 5.10 Å². The molecule has 0 bridgehead atoms. The number of hydrogen-bond acceptors (Lipinski definition) is 3. The van der Waals surface area contributed by atoms with Crippen LogP contribution in [0.3, 0.4) is 0 Å². The van der Waals surface area contributed by atoms with Crippen molar-refractivity contribution in [1.82, 2.24) is 9.78 Å². The lowest BCUT2D eigenvalue weighted by atomic mass is 10.1. The van der Waals surface area contributed by atoms with Crippen LogP contribution in [0, 0.1) is 5.92 Å². The van der Waals surface area contributed by atoms with E-state index in [9.17, 15) is 9.90 Å². The maximum absolute atomic E-state index is 11.3. The van der Waals surface area contributed by atoms with Crippen LogP contribution in [-0.4, -0.2) is 27.5 Å². The summed E-state index contributed by atoms with van der Waals surface area (Å²) in [6.45, 7) is 4.69. The van der Waals surface area contributed by atoms with E-state index >= 15 is 0 Å². The SMILES string of the molecule is CCC(CC)COc1c(C(=O)O)cnn1-c1ccccc1.